The fourth-order valence-electron chi connectivity index (χ4n) is 3.47. The molecule has 0 unspecified atom stereocenters. The maximum Gasteiger partial charge on any atom is 0.175 e. The lowest BCUT2D eigenvalue weighted by molar-refractivity contribution is 0.267. The number of halogens is 1. The Morgan fingerprint density at radius 2 is 1.48 bits per heavy atom. The fourth-order valence-corrected chi connectivity index (χ4v) is 4.07. The molecular formula is C27H32BrNO4. The van der Waals surface area contributed by atoms with Gasteiger partial charge in [-0.3, -0.25) is 0 Å². The van der Waals surface area contributed by atoms with Crippen molar-refractivity contribution in [3.63, 3.8) is 0 Å². The van der Waals surface area contributed by atoms with E-state index in [9.17, 15) is 0 Å². The fraction of sp³-hybridized carbons (Fsp3) is 0.333. The van der Waals surface area contributed by atoms with Crippen LogP contribution in [0.5, 0.6) is 23.0 Å². The van der Waals surface area contributed by atoms with E-state index in [0.29, 0.717) is 13.2 Å². The highest BCUT2D eigenvalue weighted by Crippen LogP contribution is 2.37. The van der Waals surface area contributed by atoms with Crippen LogP contribution in [0.15, 0.2) is 59.1 Å². The molecular weight excluding hydrogens is 482 g/mol. The van der Waals surface area contributed by atoms with Crippen molar-refractivity contribution in [2.75, 3.05) is 27.4 Å². The van der Waals surface area contributed by atoms with E-state index in [0.717, 1.165) is 58.1 Å². The molecule has 3 rings (SSSR count). The van der Waals surface area contributed by atoms with Gasteiger partial charge in [0.25, 0.3) is 0 Å². The first-order chi connectivity index (χ1) is 16.0. The summed E-state index contributed by atoms with van der Waals surface area (Å²) in [5.74, 6) is 2.97. The smallest absolute Gasteiger partial charge is 0.175 e. The minimum Gasteiger partial charge on any atom is -0.493 e. The molecule has 0 aromatic heterocycles. The predicted octanol–water partition coefficient (Wildman–Crippen LogP) is 6.08. The van der Waals surface area contributed by atoms with Gasteiger partial charge in [0, 0.05) is 6.54 Å². The van der Waals surface area contributed by atoms with E-state index in [1.54, 1.807) is 14.2 Å². The molecule has 0 radical (unpaired) electrons. The van der Waals surface area contributed by atoms with Crippen LogP contribution < -0.4 is 24.3 Å². The highest BCUT2D eigenvalue weighted by molar-refractivity contribution is 9.10. The zero-order valence-electron chi connectivity index (χ0n) is 19.7. The monoisotopic (exact) mass is 513 g/mol. The third-order valence-electron chi connectivity index (χ3n) is 5.24. The van der Waals surface area contributed by atoms with Gasteiger partial charge < -0.3 is 24.3 Å². The van der Waals surface area contributed by atoms with E-state index in [4.69, 9.17) is 18.9 Å². The second-order valence-corrected chi connectivity index (χ2v) is 8.58. The van der Waals surface area contributed by atoms with Gasteiger partial charge in [0.15, 0.2) is 23.0 Å². The molecule has 6 heteroatoms. The number of rotatable bonds is 12. The van der Waals surface area contributed by atoms with Gasteiger partial charge in [0.05, 0.1) is 25.3 Å². The Kier molecular flexibility index (Phi) is 9.46. The van der Waals surface area contributed by atoms with Crippen LogP contribution in [0.4, 0.5) is 0 Å². The van der Waals surface area contributed by atoms with Gasteiger partial charge in [-0.2, -0.15) is 0 Å². The van der Waals surface area contributed by atoms with E-state index in [2.05, 4.69) is 64.6 Å². The van der Waals surface area contributed by atoms with Crippen molar-refractivity contribution in [3.05, 3.63) is 81.3 Å². The lowest BCUT2D eigenvalue weighted by Gasteiger charge is -2.16. The lowest BCUT2D eigenvalue weighted by atomic mass is 10.1. The third kappa shape index (κ3) is 7.14. The number of hydrogen-bond donors (Lipinski definition) is 1. The molecule has 3 aromatic rings. The molecule has 0 fully saturated rings. The molecule has 33 heavy (non-hydrogen) atoms. The van der Waals surface area contributed by atoms with Crippen LogP contribution in [0.25, 0.3) is 0 Å². The number of nitrogens with one attached hydrogen (secondary N) is 1. The first kappa shape index (κ1) is 24.9. The van der Waals surface area contributed by atoms with Crippen molar-refractivity contribution in [2.45, 2.75) is 33.4 Å². The summed E-state index contributed by atoms with van der Waals surface area (Å²) in [6.07, 6.45) is 0.886. The average molecular weight is 514 g/mol. The summed E-state index contributed by atoms with van der Waals surface area (Å²) in [6, 6.07) is 18.5. The van der Waals surface area contributed by atoms with E-state index in [1.807, 2.05) is 25.1 Å². The second-order valence-electron chi connectivity index (χ2n) is 7.73. The molecule has 0 atom stereocenters. The van der Waals surface area contributed by atoms with E-state index < -0.39 is 0 Å². The van der Waals surface area contributed by atoms with Gasteiger partial charge in [0.2, 0.25) is 0 Å². The van der Waals surface area contributed by atoms with Crippen LogP contribution >= 0.6 is 15.9 Å². The first-order valence-electron chi connectivity index (χ1n) is 11.1. The van der Waals surface area contributed by atoms with Gasteiger partial charge in [-0.05, 0) is 83.7 Å². The van der Waals surface area contributed by atoms with Gasteiger partial charge >= 0.3 is 0 Å². The number of methoxy groups -OCH3 is 2. The highest BCUT2D eigenvalue weighted by Gasteiger charge is 2.13. The molecule has 0 amide bonds. The minimum absolute atomic E-state index is 0.488. The van der Waals surface area contributed by atoms with Crippen LogP contribution in [0.3, 0.4) is 0 Å². The Labute approximate surface area is 205 Å². The summed E-state index contributed by atoms with van der Waals surface area (Å²) in [5, 5.41) is 3.51. The minimum atomic E-state index is 0.488. The Bertz CT molecular complexity index is 1040. The van der Waals surface area contributed by atoms with Crippen LogP contribution in [0, 0.1) is 6.92 Å². The quantitative estimate of drug-likeness (QED) is 0.297. The third-order valence-corrected chi connectivity index (χ3v) is 5.83. The van der Waals surface area contributed by atoms with Crippen LogP contribution in [-0.4, -0.2) is 27.4 Å². The summed E-state index contributed by atoms with van der Waals surface area (Å²) < 4.78 is 23.6. The first-order valence-corrected chi connectivity index (χ1v) is 11.9. The molecule has 5 nitrogen and oxygen atoms in total. The van der Waals surface area contributed by atoms with Crippen molar-refractivity contribution in [1.82, 2.24) is 5.32 Å². The van der Waals surface area contributed by atoms with Crippen LogP contribution in [0.2, 0.25) is 0 Å². The molecule has 0 spiro atoms. The van der Waals surface area contributed by atoms with Gasteiger partial charge in [-0.15, -0.1) is 0 Å². The number of ether oxygens (including phenoxy) is 4. The average Bonchev–Trinajstić information content (AvgIpc) is 2.82. The summed E-state index contributed by atoms with van der Waals surface area (Å²) in [7, 11) is 3.30. The normalized spacial score (nSPS) is 10.7. The maximum atomic E-state index is 6.11. The van der Waals surface area contributed by atoms with Crippen molar-refractivity contribution in [1.29, 1.82) is 0 Å². The van der Waals surface area contributed by atoms with Crippen LogP contribution in [0.1, 0.15) is 29.2 Å². The Balaban J connectivity index is 1.59. The van der Waals surface area contributed by atoms with E-state index >= 15 is 0 Å². The molecule has 1 N–H and O–H groups in total. The Morgan fingerprint density at radius 3 is 2.18 bits per heavy atom. The summed E-state index contributed by atoms with van der Waals surface area (Å²) >= 11 is 3.67. The van der Waals surface area contributed by atoms with Crippen molar-refractivity contribution < 1.29 is 18.9 Å². The predicted molar refractivity (Wildman–Crippen MR) is 136 cm³/mol. The largest absolute Gasteiger partial charge is 0.493 e. The van der Waals surface area contributed by atoms with Crippen LogP contribution in [-0.2, 0) is 19.6 Å². The highest BCUT2D eigenvalue weighted by atomic mass is 79.9. The molecule has 3 aromatic carbocycles. The number of benzene rings is 3. The zero-order chi connectivity index (χ0) is 23.6. The topological polar surface area (TPSA) is 49.0 Å². The van der Waals surface area contributed by atoms with E-state index in [-0.39, 0.29) is 0 Å². The zero-order valence-corrected chi connectivity index (χ0v) is 21.3. The lowest BCUT2D eigenvalue weighted by Crippen LogP contribution is -2.17. The van der Waals surface area contributed by atoms with Crippen molar-refractivity contribution in [2.24, 2.45) is 0 Å². The molecule has 0 heterocycles. The maximum absolute atomic E-state index is 6.11. The second kappa shape index (κ2) is 12.5. The van der Waals surface area contributed by atoms with Gasteiger partial charge in [-0.1, -0.05) is 35.9 Å². The molecule has 0 bridgehead atoms. The molecule has 0 aliphatic carbocycles. The molecule has 0 aliphatic heterocycles. The molecule has 0 saturated heterocycles. The summed E-state index contributed by atoms with van der Waals surface area (Å²) in [5.41, 5.74) is 4.67. The molecule has 176 valence electrons. The van der Waals surface area contributed by atoms with Gasteiger partial charge in [0.1, 0.15) is 6.61 Å². The number of aryl methyl sites for hydroxylation is 1. The SMILES string of the molecule is CCOc1cc(CNCCc2ccc(OC)c(OC)c2)cc(Br)c1OCc1ccc(C)cc1. The molecule has 0 saturated carbocycles. The van der Waals surface area contributed by atoms with E-state index in [1.165, 1.54) is 11.1 Å². The Hall–Kier alpha value is -2.70. The number of hydrogen-bond acceptors (Lipinski definition) is 5. The Morgan fingerprint density at radius 1 is 0.788 bits per heavy atom. The van der Waals surface area contributed by atoms with Crippen molar-refractivity contribution in [3.8, 4) is 23.0 Å². The standard InChI is InChI=1S/C27H32BrNO4/c1-5-32-26-16-22(14-23(28)27(26)33-18-21-8-6-19(2)7-9-21)17-29-13-12-20-10-11-24(30-3)25(15-20)31-4/h6-11,14-16,29H,5,12-13,17-18H2,1-4H3. The summed E-state index contributed by atoms with van der Waals surface area (Å²) in [6.45, 7) is 6.68. The summed E-state index contributed by atoms with van der Waals surface area (Å²) in [4.78, 5) is 0. The van der Waals surface area contributed by atoms with Crippen molar-refractivity contribution >= 4 is 15.9 Å². The van der Waals surface area contributed by atoms with Gasteiger partial charge in [-0.25, -0.2) is 0 Å². The molecule has 0 aliphatic rings.